The first kappa shape index (κ1) is 9.38. The Hall–Kier alpha value is -1.71. The highest BCUT2D eigenvalue weighted by atomic mass is 16.5. The molecule has 1 aromatic rings. The van der Waals surface area contributed by atoms with E-state index in [0.717, 1.165) is 5.56 Å². The molecule has 68 valence electrons. The maximum absolute atomic E-state index is 10.7. The van der Waals surface area contributed by atoms with Gasteiger partial charge in [-0.3, -0.25) is 0 Å². The number of ether oxygens (including phenoxy) is 1. The van der Waals surface area contributed by atoms with Crippen LogP contribution in [0.25, 0.3) is 0 Å². The van der Waals surface area contributed by atoms with Crippen molar-refractivity contribution in [3.63, 3.8) is 0 Å². The SMILES string of the molecule is O=NCC(=O)OCc1ccccc1. The topological polar surface area (TPSA) is 55.7 Å². The number of nitrogens with zero attached hydrogens (tertiary/aromatic N) is 1. The molecule has 0 aromatic heterocycles. The number of hydrogen-bond acceptors (Lipinski definition) is 4. The summed E-state index contributed by atoms with van der Waals surface area (Å²) in [5.41, 5.74) is 0.891. The average Bonchev–Trinajstić information content (AvgIpc) is 2.17. The summed E-state index contributed by atoms with van der Waals surface area (Å²) in [6.07, 6.45) is 0. The molecule has 0 aliphatic carbocycles. The van der Waals surface area contributed by atoms with Crippen LogP contribution in [0.5, 0.6) is 0 Å². The summed E-state index contributed by atoms with van der Waals surface area (Å²) >= 11 is 0. The molecule has 0 fully saturated rings. The zero-order chi connectivity index (χ0) is 9.52. The summed E-state index contributed by atoms with van der Waals surface area (Å²) in [7, 11) is 0. The van der Waals surface area contributed by atoms with Gasteiger partial charge in [-0.2, -0.15) is 4.91 Å². The lowest BCUT2D eigenvalue weighted by Crippen LogP contribution is -2.07. The Morgan fingerprint density at radius 2 is 2.00 bits per heavy atom. The molecule has 0 amide bonds. The third kappa shape index (κ3) is 3.46. The zero-order valence-electron chi connectivity index (χ0n) is 6.97. The second kappa shape index (κ2) is 5.03. The molecule has 0 N–H and O–H groups in total. The molecule has 0 aliphatic rings. The molecule has 1 rings (SSSR count). The van der Waals surface area contributed by atoms with Gasteiger partial charge in [-0.25, -0.2) is 4.79 Å². The van der Waals surface area contributed by atoms with Gasteiger partial charge in [0.25, 0.3) is 0 Å². The van der Waals surface area contributed by atoms with Crippen molar-refractivity contribution in [3.8, 4) is 0 Å². The Labute approximate surface area is 75.5 Å². The highest BCUT2D eigenvalue weighted by Gasteiger charge is 2.01. The smallest absolute Gasteiger partial charge is 0.331 e. The van der Waals surface area contributed by atoms with Crippen LogP contribution in [0.15, 0.2) is 35.5 Å². The minimum Gasteiger partial charge on any atom is -0.459 e. The van der Waals surface area contributed by atoms with Gasteiger partial charge in [-0.05, 0) is 5.56 Å². The first-order chi connectivity index (χ1) is 6.33. The Bertz CT molecular complexity index is 284. The molecular weight excluding hydrogens is 170 g/mol. The quantitative estimate of drug-likeness (QED) is 0.519. The first-order valence-electron chi connectivity index (χ1n) is 3.81. The van der Waals surface area contributed by atoms with E-state index in [0.29, 0.717) is 0 Å². The molecule has 0 aliphatic heterocycles. The van der Waals surface area contributed by atoms with Crippen LogP contribution in [0.4, 0.5) is 0 Å². The van der Waals surface area contributed by atoms with E-state index in [9.17, 15) is 9.70 Å². The van der Waals surface area contributed by atoms with Crippen molar-refractivity contribution in [3.05, 3.63) is 40.8 Å². The van der Waals surface area contributed by atoms with Gasteiger partial charge in [0, 0.05) is 0 Å². The van der Waals surface area contributed by atoms with Gasteiger partial charge >= 0.3 is 5.97 Å². The zero-order valence-corrected chi connectivity index (χ0v) is 6.97. The number of carbonyl (C=O) groups excluding carboxylic acids is 1. The molecule has 0 spiro atoms. The van der Waals surface area contributed by atoms with Crippen LogP contribution < -0.4 is 0 Å². The van der Waals surface area contributed by atoms with Gasteiger partial charge in [-0.1, -0.05) is 35.5 Å². The van der Waals surface area contributed by atoms with E-state index in [1.165, 1.54) is 0 Å². The predicted octanol–water partition coefficient (Wildman–Crippen LogP) is 1.50. The van der Waals surface area contributed by atoms with E-state index < -0.39 is 12.5 Å². The summed E-state index contributed by atoms with van der Waals surface area (Å²) in [5, 5.41) is 2.42. The van der Waals surface area contributed by atoms with E-state index in [1.807, 2.05) is 30.3 Å². The predicted molar refractivity (Wildman–Crippen MR) is 46.9 cm³/mol. The minimum absolute atomic E-state index is 0.190. The largest absolute Gasteiger partial charge is 0.459 e. The Kier molecular flexibility index (Phi) is 3.63. The molecule has 4 nitrogen and oxygen atoms in total. The van der Waals surface area contributed by atoms with Crippen LogP contribution >= 0.6 is 0 Å². The van der Waals surface area contributed by atoms with Gasteiger partial charge in [0.05, 0.1) is 0 Å². The van der Waals surface area contributed by atoms with Crippen LogP contribution in [0, 0.1) is 4.91 Å². The molecule has 0 bridgehead atoms. The molecule has 4 heteroatoms. The molecule has 0 unspecified atom stereocenters. The lowest BCUT2D eigenvalue weighted by Gasteiger charge is -2.01. The minimum atomic E-state index is -0.598. The fourth-order valence-corrected chi connectivity index (χ4v) is 0.836. The number of hydrogen-bond donors (Lipinski definition) is 0. The molecule has 0 saturated carbocycles. The number of carbonyl (C=O) groups is 1. The Morgan fingerprint density at radius 3 is 2.62 bits per heavy atom. The third-order valence-corrected chi connectivity index (χ3v) is 1.44. The van der Waals surface area contributed by atoms with Crippen molar-refractivity contribution in [1.29, 1.82) is 0 Å². The van der Waals surface area contributed by atoms with E-state index in [1.54, 1.807) is 0 Å². The van der Waals surface area contributed by atoms with Crippen LogP contribution in [-0.4, -0.2) is 12.5 Å². The molecule has 13 heavy (non-hydrogen) atoms. The fourth-order valence-electron chi connectivity index (χ4n) is 0.836. The van der Waals surface area contributed by atoms with Gasteiger partial charge in [0.15, 0.2) is 6.54 Å². The summed E-state index contributed by atoms with van der Waals surface area (Å²) in [5.74, 6) is -0.598. The maximum atomic E-state index is 10.7. The molecule has 0 saturated heterocycles. The third-order valence-electron chi connectivity index (χ3n) is 1.44. The van der Waals surface area contributed by atoms with Crippen LogP contribution in [0.1, 0.15) is 5.56 Å². The second-order valence-corrected chi connectivity index (χ2v) is 2.43. The van der Waals surface area contributed by atoms with Crippen molar-refractivity contribution in [2.75, 3.05) is 6.54 Å². The highest BCUT2D eigenvalue weighted by molar-refractivity contribution is 5.71. The van der Waals surface area contributed by atoms with E-state index in [4.69, 9.17) is 4.74 Å². The van der Waals surface area contributed by atoms with Crippen LogP contribution in [-0.2, 0) is 16.1 Å². The van der Waals surface area contributed by atoms with Crippen LogP contribution in [0.3, 0.4) is 0 Å². The lowest BCUT2D eigenvalue weighted by atomic mass is 10.2. The summed E-state index contributed by atoms with van der Waals surface area (Å²) in [4.78, 5) is 20.4. The number of rotatable bonds is 4. The van der Waals surface area contributed by atoms with Gasteiger partial charge < -0.3 is 4.74 Å². The van der Waals surface area contributed by atoms with Crippen molar-refractivity contribution in [2.45, 2.75) is 6.61 Å². The normalized spacial score (nSPS) is 9.23. The molecule has 1 aromatic carbocycles. The van der Waals surface area contributed by atoms with Gasteiger partial charge in [0.2, 0.25) is 0 Å². The Morgan fingerprint density at radius 1 is 1.31 bits per heavy atom. The monoisotopic (exact) mass is 179 g/mol. The molecule has 0 radical (unpaired) electrons. The lowest BCUT2D eigenvalue weighted by molar-refractivity contribution is -0.143. The number of esters is 1. The fraction of sp³-hybridized carbons (Fsp3) is 0.222. The summed E-state index contributed by atoms with van der Waals surface area (Å²) in [6, 6.07) is 9.24. The van der Waals surface area contributed by atoms with Crippen molar-refractivity contribution >= 4 is 5.97 Å². The van der Waals surface area contributed by atoms with Crippen LogP contribution in [0.2, 0.25) is 0 Å². The first-order valence-corrected chi connectivity index (χ1v) is 3.81. The average molecular weight is 179 g/mol. The molecular formula is C9H9NO3. The molecule has 0 atom stereocenters. The Balaban J connectivity index is 2.35. The summed E-state index contributed by atoms with van der Waals surface area (Å²) < 4.78 is 4.74. The summed E-state index contributed by atoms with van der Waals surface area (Å²) in [6.45, 7) is -0.234. The second-order valence-electron chi connectivity index (χ2n) is 2.43. The molecule has 0 heterocycles. The van der Waals surface area contributed by atoms with E-state index in [-0.39, 0.29) is 6.61 Å². The highest BCUT2D eigenvalue weighted by Crippen LogP contribution is 2.00. The van der Waals surface area contributed by atoms with Gasteiger partial charge in [-0.15, -0.1) is 0 Å². The van der Waals surface area contributed by atoms with Crippen molar-refractivity contribution in [1.82, 2.24) is 0 Å². The maximum Gasteiger partial charge on any atom is 0.331 e. The van der Waals surface area contributed by atoms with Gasteiger partial charge in [0.1, 0.15) is 6.61 Å². The standard InChI is InChI=1S/C9H9NO3/c11-9(6-10-12)13-7-8-4-2-1-3-5-8/h1-5H,6-7H2. The van der Waals surface area contributed by atoms with E-state index >= 15 is 0 Å². The van der Waals surface area contributed by atoms with Crippen molar-refractivity contribution < 1.29 is 9.53 Å². The van der Waals surface area contributed by atoms with E-state index in [2.05, 4.69) is 5.18 Å². The van der Waals surface area contributed by atoms with Crippen molar-refractivity contribution in [2.24, 2.45) is 5.18 Å². The number of nitroso groups, excluding NO2 is 1. The number of benzene rings is 1.